The average Bonchev–Trinajstić information content (AvgIpc) is 3.17. The Labute approximate surface area is 169 Å². The average molecular weight is 417 g/mol. The molecule has 1 aliphatic carbocycles. The number of morpholine rings is 1. The molecule has 0 bridgehead atoms. The summed E-state index contributed by atoms with van der Waals surface area (Å²) in [5.74, 6) is 0. The van der Waals surface area contributed by atoms with E-state index in [0.29, 0.717) is 18.9 Å². The van der Waals surface area contributed by atoms with Gasteiger partial charge in [0, 0.05) is 26.2 Å². The summed E-state index contributed by atoms with van der Waals surface area (Å²) in [7, 11) is -1.97. The second-order valence-electron chi connectivity index (χ2n) is 7.29. The quantitative estimate of drug-likeness (QED) is 0.549. The first-order valence-electron chi connectivity index (χ1n) is 9.56. The minimum atomic E-state index is -3.80. The van der Waals surface area contributed by atoms with E-state index >= 15 is 0 Å². The van der Waals surface area contributed by atoms with Gasteiger partial charge in [-0.15, -0.1) is 0 Å². The lowest BCUT2D eigenvalue weighted by atomic mass is 10.1. The smallest absolute Gasteiger partial charge is 0.293 e. The van der Waals surface area contributed by atoms with E-state index in [-0.39, 0.29) is 29.7 Å². The van der Waals surface area contributed by atoms with E-state index < -0.39 is 14.9 Å². The van der Waals surface area contributed by atoms with Crippen LogP contribution in [0.4, 0.5) is 11.4 Å². The number of nitrogens with zero attached hydrogens (tertiary/aromatic N) is 3. The number of nitro benzene ring substituents is 1. The second-order valence-corrected chi connectivity index (χ2v) is 9.23. The Kier molecular flexibility index (Phi) is 5.28. The zero-order valence-corrected chi connectivity index (χ0v) is 17.0. The van der Waals surface area contributed by atoms with Gasteiger partial charge < -0.3 is 9.64 Å². The van der Waals surface area contributed by atoms with Crippen LogP contribution in [-0.2, 0) is 21.2 Å². The van der Waals surface area contributed by atoms with Crippen LogP contribution >= 0.6 is 0 Å². The highest BCUT2D eigenvalue weighted by Crippen LogP contribution is 2.41. The van der Waals surface area contributed by atoms with E-state index in [0.717, 1.165) is 18.4 Å². The molecule has 0 aromatic heterocycles. The Morgan fingerprint density at radius 1 is 1.17 bits per heavy atom. The number of anilines is 1. The molecule has 1 saturated heterocycles. The fraction of sp³-hybridized carbons (Fsp3) is 0.400. The fourth-order valence-corrected chi connectivity index (χ4v) is 5.58. The largest absolute Gasteiger partial charge is 0.379 e. The first-order valence-corrected chi connectivity index (χ1v) is 11.0. The van der Waals surface area contributed by atoms with Crippen LogP contribution in [0.5, 0.6) is 0 Å². The number of fused-ring (bicyclic) bond motifs is 1. The second kappa shape index (κ2) is 7.74. The summed E-state index contributed by atoms with van der Waals surface area (Å²) < 4.78 is 32.3. The van der Waals surface area contributed by atoms with E-state index in [4.69, 9.17) is 4.74 Å². The molecular formula is C20H23N3O5S. The van der Waals surface area contributed by atoms with Crippen LogP contribution in [0.25, 0.3) is 0 Å². The van der Waals surface area contributed by atoms with Gasteiger partial charge in [0.15, 0.2) is 0 Å². The number of nitro groups is 1. The third-order valence-electron chi connectivity index (χ3n) is 5.70. The summed E-state index contributed by atoms with van der Waals surface area (Å²) in [5, 5.41) is 11.8. The van der Waals surface area contributed by atoms with Crippen molar-refractivity contribution < 1.29 is 18.1 Å². The number of ether oxygens (including phenoxy) is 1. The summed E-state index contributed by atoms with van der Waals surface area (Å²) >= 11 is 0. The van der Waals surface area contributed by atoms with Gasteiger partial charge in [0.25, 0.3) is 5.69 Å². The predicted molar refractivity (Wildman–Crippen MR) is 109 cm³/mol. The molecule has 8 nitrogen and oxygen atoms in total. The zero-order chi connectivity index (χ0) is 20.6. The van der Waals surface area contributed by atoms with Crippen molar-refractivity contribution in [1.29, 1.82) is 0 Å². The SMILES string of the molecule is CN(c1ccc(S(=O)(=O)N2CCOCC2)cc1[N+](=O)[O-])C1CCc2ccccc21. The van der Waals surface area contributed by atoms with Crippen molar-refractivity contribution in [2.24, 2.45) is 0 Å². The lowest BCUT2D eigenvalue weighted by molar-refractivity contribution is -0.384. The van der Waals surface area contributed by atoms with Crippen LogP contribution in [0.2, 0.25) is 0 Å². The number of rotatable bonds is 5. The molecule has 1 aliphatic heterocycles. The molecule has 1 unspecified atom stereocenters. The summed E-state index contributed by atoms with van der Waals surface area (Å²) in [6, 6.07) is 12.3. The molecule has 154 valence electrons. The van der Waals surface area contributed by atoms with Crippen molar-refractivity contribution in [2.45, 2.75) is 23.8 Å². The minimum Gasteiger partial charge on any atom is -0.379 e. The van der Waals surface area contributed by atoms with Crippen molar-refractivity contribution in [3.8, 4) is 0 Å². The third kappa shape index (κ3) is 3.61. The van der Waals surface area contributed by atoms with Gasteiger partial charge in [0.1, 0.15) is 5.69 Å². The van der Waals surface area contributed by atoms with Gasteiger partial charge in [0.2, 0.25) is 10.0 Å². The van der Waals surface area contributed by atoms with Crippen molar-refractivity contribution in [3.05, 3.63) is 63.7 Å². The lowest BCUT2D eigenvalue weighted by Gasteiger charge is -2.28. The fourth-order valence-electron chi connectivity index (χ4n) is 4.15. The van der Waals surface area contributed by atoms with Gasteiger partial charge in [-0.3, -0.25) is 10.1 Å². The molecule has 0 N–H and O–H groups in total. The Bertz CT molecular complexity index is 1030. The van der Waals surface area contributed by atoms with E-state index in [1.165, 1.54) is 22.0 Å². The topological polar surface area (TPSA) is 93.0 Å². The number of sulfonamides is 1. The molecule has 2 aliphatic rings. The van der Waals surface area contributed by atoms with Crippen LogP contribution in [0.3, 0.4) is 0 Å². The minimum absolute atomic E-state index is 0.0200. The third-order valence-corrected chi connectivity index (χ3v) is 7.59. The van der Waals surface area contributed by atoms with Crippen molar-refractivity contribution in [1.82, 2.24) is 4.31 Å². The predicted octanol–water partition coefficient (Wildman–Crippen LogP) is 2.74. The Morgan fingerprint density at radius 3 is 2.62 bits per heavy atom. The first-order chi connectivity index (χ1) is 13.9. The monoisotopic (exact) mass is 417 g/mol. The first kappa shape index (κ1) is 19.8. The Morgan fingerprint density at radius 2 is 1.90 bits per heavy atom. The molecule has 0 radical (unpaired) electrons. The van der Waals surface area contributed by atoms with Crippen LogP contribution in [0.15, 0.2) is 47.4 Å². The van der Waals surface area contributed by atoms with Crippen molar-refractivity contribution in [2.75, 3.05) is 38.3 Å². The number of hydrogen-bond acceptors (Lipinski definition) is 6. The Balaban J connectivity index is 1.69. The highest BCUT2D eigenvalue weighted by Gasteiger charge is 2.32. The van der Waals surface area contributed by atoms with Gasteiger partial charge in [-0.05, 0) is 36.1 Å². The maximum absolute atomic E-state index is 12.9. The molecule has 4 rings (SSSR count). The highest BCUT2D eigenvalue weighted by atomic mass is 32.2. The number of hydrogen-bond donors (Lipinski definition) is 0. The highest BCUT2D eigenvalue weighted by molar-refractivity contribution is 7.89. The molecule has 29 heavy (non-hydrogen) atoms. The van der Waals surface area contributed by atoms with Gasteiger partial charge in [-0.2, -0.15) is 4.31 Å². The molecular weight excluding hydrogens is 394 g/mol. The normalized spacial score (nSPS) is 19.7. The van der Waals surface area contributed by atoms with Crippen LogP contribution < -0.4 is 4.90 Å². The van der Waals surface area contributed by atoms with Gasteiger partial charge in [0.05, 0.1) is 29.1 Å². The van der Waals surface area contributed by atoms with Gasteiger partial charge >= 0.3 is 0 Å². The summed E-state index contributed by atoms with van der Waals surface area (Å²) in [6.07, 6.45) is 1.78. The molecule has 1 heterocycles. The molecule has 0 spiro atoms. The van der Waals surface area contributed by atoms with Crippen LogP contribution in [0, 0.1) is 10.1 Å². The van der Waals surface area contributed by atoms with E-state index in [2.05, 4.69) is 6.07 Å². The van der Waals surface area contributed by atoms with Crippen molar-refractivity contribution in [3.63, 3.8) is 0 Å². The number of benzene rings is 2. The van der Waals surface area contributed by atoms with Crippen molar-refractivity contribution >= 4 is 21.4 Å². The van der Waals surface area contributed by atoms with Crippen LogP contribution in [-0.4, -0.2) is 51.0 Å². The summed E-state index contributed by atoms with van der Waals surface area (Å²) in [5.41, 5.74) is 2.62. The molecule has 0 saturated carbocycles. The number of aryl methyl sites for hydroxylation is 1. The van der Waals surface area contributed by atoms with Crippen LogP contribution in [0.1, 0.15) is 23.6 Å². The van der Waals surface area contributed by atoms with Gasteiger partial charge in [-0.25, -0.2) is 8.42 Å². The summed E-state index contributed by atoms with van der Waals surface area (Å²) in [4.78, 5) is 13.1. The van der Waals surface area contributed by atoms with Gasteiger partial charge in [-0.1, -0.05) is 24.3 Å². The van der Waals surface area contributed by atoms with E-state index in [1.807, 2.05) is 30.1 Å². The molecule has 2 aromatic rings. The molecule has 2 aromatic carbocycles. The van der Waals surface area contributed by atoms with E-state index in [1.54, 1.807) is 6.07 Å². The Hall–Kier alpha value is -2.49. The standard InChI is InChI=1S/C20H23N3O5S/c1-21(18-8-6-15-4-2-3-5-17(15)18)19-9-7-16(14-20(19)23(24)25)29(26,27)22-10-12-28-13-11-22/h2-5,7,9,14,18H,6,8,10-13H2,1H3. The lowest BCUT2D eigenvalue weighted by Crippen LogP contribution is -2.40. The maximum atomic E-state index is 12.9. The maximum Gasteiger partial charge on any atom is 0.293 e. The molecule has 9 heteroatoms. The molecule has 0 amide bonds. The molecule has 1 atom stereocenters. The van der Waals surface area contributed by atoms with E-state index in [9.17, 15) is 18.5 Å². The molecule has 1 fully saturated rings. The zero-order valence-electron chi connectivity index (χ0n) is 16.2. The summed E-state index contributed by atoms with van der Waals surface area (Å²) in [6.45, 7) is 1.14.